The molecule has 2 N–H and O–H groups in total. The lowest BCUT2D eigenvalue weighted by Gasteiger charge is -2.01. The van der Waals surface area contributed by atoms with E-state index in [1.54, 1.807) is 12.1 Å². The van der Waals surface area contributed by atoms with Gasteiger partial charge in [-0.25, -0.2) is 5.43 Å². The molecule has 1 heterocycles. The zero-order chi connectivity index (χ0) is 12.3. The fourth-order valence-electron chi connectivity index (χ4n) is 1.24. The van der Waals surface area contributed by atoms with Gasteiger partial charge < -0.3 is 14.6 Å². The fourth-order valence-corrected chi connectivity index (χ4v) is 1.67. The predicted octanol–water partition coefficient (Wildman–Crippen LogP) is 0.620. The number of hydrogen-bond acceptors (Lipinski definition) is 5. The summed E-state index contributed by atoms with van der Waals surface area (Å²) in [5, 5.41) is 12.2. The molecule has 17 heavy (non-hydrogen) atoms. The summed E-state index contributed by atoms with van der Waals surface area (Å²) >= 11 is 3.35. The number of nitrogens with one attached hydrogen (secondary N) is 1. The highest BCUT2D eigenvalue weighted by atomic mass is 79.9. The van der Waals surface area contributed by atoms with E-state index in [9.17, 15) is 4.79 Å². The van der Waals surface area contributed by atoms with Gasteiger partial charge in [0.25, 0.3) is 5.91 Å². The van der Waals surface area contributed by atoms with Crippen LogP contribution in [0.2, 0.25) is 0 Å². The highest BCUT2D eigenvalue weighted by molar-refractivity contribution is 9.10. The number of hydrazone groups is 1. The van der Waals surface area contributed by atoms with Gasteiger partial charge in [0.1, 0.15) is 6.61 Å². The molecule has 0 fully saturated rings. The summed E-state index contributed by atoms with van der Waals surface area (Å²) in [5.41, 5.74) is 2.89. The molecule has 7 heteroatoms. The largest absolute Gasteiger partial charge is 0.454 e. The molecule has 0 radical (unpaired) electrons. The van der Waals surface area contributed by atoms with Crippen molar-refractivity contribution in [2.45, 2.75) is 0 Å². The lowest BCUT2D eigenvalue weighted by atomic mass is 10.2. The van der Waals surface area contributed by atoms with Crippen LogP contribution in [0.4, 0.5) is 0 Å². The summed E-state index contributed by atoms with van der Waals surface area (Å²) in [6.07, 6.45) is 1.44. The number of aliphatic hydroxyl groups excluding tert-OH is 1. The molecular formula is C10H9BrN2O4. The Morgan fingerprint density at radius 3 is 2.94 bits per heavy atom. The van der Waals surface area contributed by atoms with Crippen LogP contribution in [0, 0.1) is 0 Å². The van der Waals surface area contributed by atoms with Gasteiger partial charge in [0.2, 0.25) is 6.79 Å². The number of carbonyl (C=O) groups is 1. The summed E-state index contributed by atoms with van der Waals surface area (Å²) in [7, 11) is 0. The van der Waals surface area contributed by atoms with E-state index in [0.717, 1.165) is 10.0 Å². The van der Waals surface area contributed by atoms with Crippen molar-refractivity contribution in [1.29, 1.82) is 0 Å². The van der Waals surface area contributed by atoms with E-state index >= 15 is 0 Å². The van der Waals surface area contributed by atoms with Crippen LogP contribution in [0.5, 0.6) is 11.5 Å². The molecule has 1 aliphatic heterocycles. The highest BCUT2D eigenvalue weighted by Gasteiger charge is 2.15. The second-order valence-corrected chi connectivity index (χ2v) is 4.03. The predicted molar refractivity (Wildman–Crippen MR) is 63.1 cm³/mol. The third kappa shape index (κ3) is 2.75. The molecule has 0 aliphatic carbocycles. The Balaban J connectivity index is 2.13. The molecule has 1 aromatic carbocycles. The van der Waals surface area contributed by atoms with Gasteiger partial charge in [-0.15, -0.1) is 0 Å². The normalized spacial score (nSPS) is 13.1. The van der Waals surface area contributed by atoms with E-state index in [4.69, 9.17) is 14.6 Å². The van der Waals surface area contributed by atoms with Crippen LogP contribution in [0.1, 0.15) is 5.56 Å². The molecule has 1 aliphatic rings. The van der Waals surface area contributed by atoms with Crippen molar-refractivity contribution in [2.24, 2.45) is 5.10 Å². The first-order chi connectivity index (χ1) is 8.20. The Kier molecular flexibility index (Phi) is 3.60. The van der Waals surface area contributed by atoms with E-state index in [-0.39, 0.29) is 6.79 Å². The van der Waals surface area contributed by atoms with Crippen molar-refractivity contribution < 1.29 is 19.4 Å². The smallest absolute Gasteiger partial charge is 0.265 e. The minimum atomic E-state index is -0.598. The van der Waals surface area contributed by atoms with Crippen molar-refractivity contribution in [3.8, 4) is 11.5 Å². The van der Waals surface area contributed by atoms with E-state index < -0.39 is 12.5 Å². The van der Waals surface area contributed by atoms with E-state index in [1.165, 1.54) is 6.21 Å². The zero-order valence-electron chi connectivity index (χ0n) is 8.64. The Hall–Kier alpha value is -1.60. The number of hydrogen-bond donors (Lipinski definition) is 2. The summed E-state index contributed by atoms with van der Waals surface area (Å²) in [6.45, 7) is -0.400. The quantitative estimate of drug-likeness (QED) is 0.633. The van der Waals surface area contributed by atoms with Crippen LogP contribution in [0.3, 0.4) is 0 Å². The average Bonchev–Trinajstić information content (AvgIpc) is 2.76. The van der Waals surface area contributed by atoms with Crippen LogP contribution in [0.15, 0.2) is 21.7 Å². The van der Waals surface area contributed by atoms with Crippen LogP contribution >= 0.6 is 15.9 Å². The highest BCUT2D eigenvalue weighted by Crippen LogP contribution is 2.36. The third-order valence-electron chi connectivity index (χ3n) is 2.03. The SMILES string of the molecule is O=C(CO)NN=Cc1cc2c(cc1Br)OCO2. The molecule has 0 aromatic heterocycles. The first kappa shape index (κ1) is 11.9. The maximum Gasteiger partial charge on any atom is 0.265 e. The van der Waals surface area contributed by atoms with Crippen molar-refractivity contribution in [3.63, 3.8) is 0 Å². The third-order valence-corrected chi connectivity index (χ3v) is 2.72. The molecule has 0 saturated heterocycles. The molecule has 2 rings (SSSR count). The van der Waals surface area contributed by atoms with Gasteiger partial charge in [0.15, 0.2) is 11.5 Å². The first-order valence-electron chi connectivity index (χ1n) is 4.72. The van der Waals surface area contributed by atoms with E-state index in [2.05, 4.69) is 26.5 Å². The Labute approximate surface area is 105 Å². The van der Waals surface area contributed by atoms with Gasteiger partial charge in [0, 0.05) is 10.0 Å². The number of aliphatic hydroxyl groups is 1. The number of amides is 1. The molecule has 1 aromatic rings. The number of benzene rings is 1. The Morgan fingerprint density at radius 2 is 2.24 bits per heavy atom. The number of ether oxygens (including phenoxy) is 2. The number of rotatable bonds is 3. The number of nitrogens with zero attached hydrogens (tertiary/aromatic N) is 1. The van der Waals surface area contributed by atoms with Gasteiger partial charge in [-0.05, 0) is 28.1 Å². The van der Waals surface area contributed by atoms with Crippen molar-refractivity contribution in [3.05, 3.63) is 22.2 Å². The minimum absolute atomic E-state index is 0.198. The van der Waals surface area contributed by atoms with Gasteiger partial charge in [0.05, 0.1) is 6.21 Å². The molecule has 0 unspecified atom stereocenters. The minimum Gasteiger partial charge on any atom is -0.454 e. The fraction of sp³-hybridized carbons (Fsp3) is 0.200. The summed E-state index contributed by atoms with van der Waals surface area (Å²) in [4.78, 5) is 10.7. The standard InChI is InChI=1S/C10H9BrN2O4/c11-7-2-9-8(16-5-17-9)1-6(7)3-12-13-10(15)4-14/h1-3,14H,4-5H2,(H,13,15). The molecular weight excluding hydrogens is 292 g/mol. The van der Waals surface area contributed by atoms with Crippen LogP contribution < -0.4 is 14.9 Å². The molecule has 0 saturated carbocycles. The molecule has 6 nitrogen and oxygen atoms in total. The number of carbonyl (C=O) groups excluding carboxylic acids is 1. The second kappa shape index (κ2) is 5.15. The molecule has 0 atom stereocenters. The lowest BCUT2D eigenvalue weighted by molar-refractivity contribution is -0.123. The van der Waals surface area contributed by atoms with Gasteiger partial charge >= 0.3 is 0 Å². The summed E-state index contributed by atoms with van der Waals surface area (Å²) in [6, 6.07) is 3.50. The van der Waals surface area contributed by atoms with Gasteiger partial charge in [-0.1, -0.05) is 0 Å². The number of fused-ring (bicyclic) bond motifs is 1. The Morgan fingerprint density at radius 1 is 1.53 bits per heavy atom. The van der Waals surface area contributed by atoms with Crippen LogP contribution in [-0.4, -0.2) is 30.6 Å². The van der Waals surface area contributed by atoms with Crippen molar-refractivity contribution in [2.75, 3.05) is 13.4 Å². The molecule has 90 valence electrons. The summed E-state index contributed by atoms with van der Waals surface area (Å²) < 4.78 is 11.2. The Bertz CT molecular complexity index is 476. The second-order valence-electron chi connectivity index (χ2n) is 3.18. The zero-order valence-corrected chi connectivity index (χ0v) is 10.2. The monoisotopic (exact) mass is 300 g/mol. The molecule has 0 spiro atoms. The lowest BCUT2D eigenvalue weighted by Crippen LogP contribution is -2.20. The number of halogens is 1. The average molecular weight is 301 g/mol. The van der Waals surface area contributed by atoms with E-state index in [0.29, 0.717) is 11.5 Å². The van der Waals surface area contributed by atoms with E-state index in [1.807, 2.05) is 0 Å². The maximum atomic E-state index is 10.7. The summed E-state index contributed by atoms with van der Waals surface area (Å²) in [5.74, 6) is 0.717. The van der Waals surface area contributed by atoms with Gasteiger partial charge in [-0.2, -0.15) is 5.10 Å². The topological polar surface area (TPSA) is 80.2 Å². The maximum absolute atomic E-state index is 10.7. The van der Waals surface area contributed by atoms with Gasteiger partial charge in [-0.3, -0.25) is 4.79 Å². The van der Waals surface area contributed by atoms with Crippen molar-refractivity contribution in [1.82, 2.24) is 5.43 Å². The molecule has 0 bridgehead atoms. The van der Waals surface area contributed by atoms with Crippen LogP contribution in [-0.2, 0) is 4.79 Å². The van der Waals surface area contributed by atoms with Crippen molar-refractivity contribution >= 4 is 28.1 Å². The first-order valence-corrected chi connectivity index (χ1v) is 5.52. The molecule has 1 amide bonds. The van der Waals surface area contributed by atoms with Crippen LogP contribution in [0.25, 0.3) is 0 Å².